The first-order valence-corrected chi connectivity index (χ1v) is 8.15. The van der Waals surface area contributed by atoms with Gasteiger partial charge in [0.2, 0.25) is 5.91 Å². The van der Waals surface area contributed by atoms with Crippen LogP contribution < -0.4 is 10.6 Å². The van der Waals surface area contributed by atoms with E-state index in [4.69, 9.17) is 9.84 Å². The summed E-state index contributed by atoms with van der Waals surface area (Å²) >= 11 is 0. The molecular weight excluding hydrogens is 316 g/mol. The molecule has 1 atom stereocenters. The molecule has 3 N–H and O–H groups in total. The van der Waals surface area contributed by atoms with Crippen LogP contribution in [-0.2, 0) is 23.9 Å². The van der Waals surface area contributed by atoms with Crippen molar-refractivity contribution >= 4 is 24.1 Å². The Morgan fingerprint density at radius 1 is 1.17 bits per heavy atom. The van der Waals surface area contributed by atoms with Crippen molar-refractivity contribution in [2.45, 2.75) is 58.4 Å². The highest BCUT2D eigenvalue weighted by Crippen LogP contribution is 1.99. The standard InChI is InChI=1S/C8H13NO4.C8H17NO2/c10-6-5-9-7(11)3-1-2-4-8(12)13;1-4-5-6-11-8(10)7(2)9-3/h6H,1-5H2,(H,9,11)(H,12,13);7,9H,4-6H2,1-3H3. The van der Waals surface area contributed by atoms with Crippen molar-refractivity contribution < 1.29 is 29.0 Å². The van der Waals surface area contributed by atoms with Gasteiger partial charge in [0.1, 0.15) is 12.3 Å². The fourth-order valence-corrected chi connectivity index (χ4v) is 1.37. The summed E-state index contributed by atoms with van der Waals surface area (Å²) in [5.41, 5.74) is 0. The molecule has 0 saturated carbocycles. The second-order valence-electron chi connectivity index (χ2n) is 5.10. The van der Waals surface area contributed by atoms with Crippen LogP contribution in [0, 0.1) is 0 Å². The van der Waals surface area contributed by atoms with Crippen LogP contribution in [0.3, 0.4) is 0 Å². The Kier molecular flexibility index (Phi) is 17.6. The van der Waals surface area contributed by atoms with Crippen LogP contribution in [0.25, 0.3) is 0 Å². The second kappa shape index (κ2) is 17.4. The summed E-state index contributed by atoms with van der Waals surface area (Å²) in [6, 6.07) is -0.188. The molecule has 0 aromatic heterocycles. The third-order valence-corrected chi connectivity index (χ3v) is 2.96. The Hall–Kier alpha value is -1.96. The number of carbonyl (C=O) groups is 4. The zero-order valence-corrected chi connectivity index (χ0v) is 14.8. The minimum Gasteiger partial charge on any atom is -0.481 e. The summed E-state index contributed by atoms with van der Waals surface area (Å²) in [7, 11) is 1.74. The van der Waals surface area contributed by atoms with E-state index < -0.39 is 5.97 Å². The highest BCUT2D eigenvalue weighted by Gasteiger charge is 2.10. The summed E-state index contributed by atoms with van der Waals surface area (Å²) < 4.78 is 4.93. The van der Waals surface area contributed by atoms with Gasteiger partial charge in [-0.1, -0.05) is 13.3 Å². The fourth-order valence-electron chi connectivity index (χ4n) is 1.37. The zero-order chi connectivity index (χ0) is 18.8. The van der Waals surface area contributed by atoms with E-state index in [0.29, 0.717) is 25.7 Å². The summed E-state index contributed by atoms with van der Waals surface area (Å²) in [5.74, 6) is -1.23. The van der Waals surface area contributed by atoms with Gasteiger partial charge in [-0.05, 0) is 33.2 Å². The zero-order valence-electron chi connectivity index (χ0n) is 14.8. The van der Waals surface area contributed by atoms with Crippen LogP contribution in [0.4, 0.5) is 0 Å². The van der Waals surface area contributed by atoms with Crippen molar-refractivity contribution in [3.8, 4) is 0 Å². The first-order chi connectivity index (χ1) is 11.4. The van der Waals surface area contributed by atoms with E-state index in [0.717, 1.165) is 12.8 Å². The van der Waals surface area contributed by atoms with Gasteiger partial charge < -0.3 is 25.3 Å². The molecule has 0 rings (SSSR count). The molecular formula is C16H30N2O6. The van der Waals surface area contributed by atoms with Crippen LogP contribution >= 0.6 is 0 Å². The predicted octanol–water partition coefficient (Wildman–Crippen LogP) is 0.884. The minimum absolute atomic E-state index is 0.0256. The highest BCUT2D eigenvalue weighted by molar-refractivity contribution is 5.78. The lowest BCUT2D eigenvalue weighted by atomic mass is 10.2. The number of nitrogens with one attached hydrogen (secondary N) is 2. The quantitative estimate of drug-likeness (QED) is 0.272. The van der Waals surface area contributed by atoms with Gasteiger partial charge in [0.15, 0.2) is 0 Å². The van der Waals surface area contributed by atoms with Crippen molar-refractivity contribution in [1.82, 2.24) is 10.6 Å². The van der Waals surface area contributed by atoms with Crippen molar-refractivity contribution in [2.75, 3.05) is 20.2 Å². The molecule has 0 aliphatic rings. The smallest absolute Gasteiger partial charge is 0.322 e. The van der Waals surface area contributed by atoms with Gasteiger partial charge >= 0.3 is 11.9 Å². The normalized spacial score (nSPS) is 10.8. The average Bonchev–Trinajstić information content (AvgIpc) is 2.56. The molecule has 0 aromatic rings. The lowest BCUT2D eigenvalue weighted by Gasteiger charge is -2.09. The second-order valence-corrected chi connectivity index (χ2v) is 5.10. The molecule has 1 unspecified atom stereocenters. The maximum atomic E-state index is 11.0. The molecule has 0 saturated heterocycles. The molecule has 1 amide bonds. The molecule has 0 bridgehead atoms. The molecule has 0 fully saturated rings. The van der Waals surface area contributed by atoms with Crippen LogP contribution in [0.1, 0.15) is 52.4 Å². The van der Waals surface area contributed by atoms with Crippen molar-refractivity contribution in [3.05, 3.63) is 0 Å². The maximum Gasteiger partial charge on any atom is 0.322 e. The van der Waals surface area contributed by atoms with E-state index in [1.807, 2.05) is 0 Å². The monoisotopic (exact) mass is 346 g/mol. The van der Waals surface area contributed by atoms with E-state index in [1.54, 1.807) is 14.0 Å². The highest BCUT2D eigenvalue weighted by atomic mass is 16.5. The molecule has 0 heterocycles. The molecule has 8 nitrogen and oxygen atoms in total. The first kappa shape index (κ1) is 24.3. The Labute approximate surface area is 143 Å². The van der Waals surface area contributed by atoms with E-state index in [2.05, 4.69) is 17.6 Å². The van der Waals surface area contributed by atoms with Gasteiger partial charge in [-0.25, -0.2) is 0 Å². The first-order valence-electron chi connectivity index (χ1n) is 8.15. The molecule has 0 aromatic carbocycles. The molecule has 24 heavy (non-hydrogen) atoms. The number of unbranched alkanes of at least 4 members (excludes halogenated alkanes) is 2. The summed E-state index contributed by atoms with van der Waals surface area (Å²) in [5, 5.41) is 13.5. The molecule has 0 radical (unpaired) electrons. The summed E-state index contributed by atoms with van der Waals surface area (Å²) in [6.45, 7) is 4.42. The van der Waals surface area contributed by atoms with Crippen molar-refractivity contribution in [3.63, 3.8) is 0 Å². The van der Waals surface area contributed by atoms with Gasteiger partial charge in [0.25, 0.3) is 0 Å². The average molecular weight is 346 g/mol. The number of rotatable bonds is 12. The number of hydrogen-bond acceptors (Lipinski definition) is 6. The molecule has 140 valence electrons. The molecule has 8 heteroatoms. The van der Waals surface area contributed by atoms with Gasteiger partial charge in [0, 0.05) is 12.8 Å². The van der Waals surface area contributed by atoms with E-state index >= 15 is 0 Å². The number of hydrogen-bond donors (Lipinski definition) is 3. The number of carbonyl (C=O) groups excluding carboxylic acids is 3. The van der Waals surface area contributed by atoms with Crippen molar-refractivity contribution in [2.24, 2.45) is 0 Å². The Morgan fingerprint density at radius 3 is 2.29 bits per heavy atom. The predicted molar refractivity (Wildman–Crippen MR) is 89.6 cm³/mol. The van der Waals surface area contributed by atoms with Crippen LogP contribution in [0.5, 0.6) is 0 Å². The minimum atomic E-state index is -0.853. The number of ether oxygens (including phenoxy) is 1. The third-order valence-electron chi connectivity index (χ3n) is 2.96. The number of amides is 1. The van der Waals surface area contributed by atoms with Gasteiger partial charge in [0.05, 0.1) is 13.2 Å². The number of carboxylic acids is 1. The molecule has 0 aliphatic heterocycles. The topological polar surface area (TPSA) is 122 Å². The number of aliphatic carboxylic acids is 1. The summed E-state index contributed by atoms with van der Waals surface area (Å²) in [6.07, 6.45) is 4.00. The van der Waals surface area contributed by atoms with Crippen LogP contribution in [-0.4, -0.2) is 55.5 Å². The van der Waals surface area contributed by atoms with Gasteiger partial charge in [-0.2, -0.15) is 0 Å². The molecule has 0 spiro atoms. The van der Waals surface area contributed by atoms with E-state index in [9.17, 15) is 19.2 Å². The Bertz CT molecular complexity index is 374. The van der Waals surface area contributed by atoms with E-state index in [-0.39, 0.29) is 37.3 Å². The lowest BCUT2D eigenvalue weighted by Crippen LogP contribution is -2.32. The number of carboxylic acid groups (broad SMARTS) is 1. The number of aldehydes is 1. The third kappa shape index (κ3) is 18.1. The van der Waals surface area contributed by atoms with Crippen molar-refractivity contribution in [1.29, 1.82) is 0 Å². The van der Waals surface area contributed by atoms with Gasteiger partial charge in [-0.15, -0.1) is 0 Å². The van der Waals surface area contributed by atoms with Crippen LogP contribution in [0.2, 0.25) is 0 Å². The molecule has 0 aliphatic carbocycles. The largest absolute Gasteiger partial charge is 0.481 e. The Morgan fingerprint density at radius 2 is 1.79 bits per heavy atom. The SMILES string of the molecule is CCCCOC(=O)C(C)NC.O=CCNC(=O)CCCCC(=O)O. The van der Waals surface area contributed by atoms with Gasteiger partial charge in [-0.3, -0.25) is 14.4 Å². The van der Waals surface area contributed by atoms with Crippen LogP contribution in [0.15, 0.2) is 0 Å². The Balaban J connectivity index is 0. The summed E-state index contributed by atoms with van der Waals surface area (Å²) in [4.78, 5) is 41.7. The maximum absolute atomic E-state index is 11.0. The number of esters is 1. The lowest BCUT2D eigenvalue weighted by molar-refractivity contribution is -0.145. The number of likely N-dealkylation sites (N-methyl/N-ethyl adjacent to an activating group) is 1. The fraction of sp³-hybridized carbons (Fsp3) is 0.750. The van der Waals surface area contributed by atoms with E-state index in [1.165, 1.54) is 0 Å².